The van der Waals surface area contributed by atoms with Gasteiger partial charge >= 0.3 is 0 Å². The van der Waals surface area contributed by atoms with Crippen LogP contribution in [0.5, 0.6) is 0 Å². The first kappa shape index (κ1) is 20.1. The van der Waals surface area contributed by atoms with E-state index in [2.05, 4.69) is 0 Å². The van der Waals surface area contributed by atoms with Gasteiger partial charge in [-0.15, -0.1) is 0 Å². The lowest BCUT2D eigenvalue weighted by molar-refractivity contribution is 0.0764. The van der Waals surface area contributed by atoms with Crippen molar-refractivity contribution in [1.29, 1.82) is 0 Å². The summed E-state index contributed by atoms with van der Waals surface area (Å²) in [6, 6.07) is 9.53. The van der Waals surface area contributed by atoms with Gasteiger partial charge in [0.25, 0.3) is 5.91 Å². The number of hydrogen-bond acceptors (Lipinski definition) is 3. The zero-order valence-electron chi connectivity index (χ0n) is 14.2. The number of carbonyl (C=O) groups is 1. The number of halogens is 3. The summed E-state index contributed by atoms with van der Waals surface area (Å²) < 4.78 is 39.9. The molecule has 2 aromatic rings. The van der Waals surface area contributed by atoms with Crippen LogP contribution >= 0.6 is 23.2 Å². The normalized spacial score (nSPS) is 16.2. The molecular formula is C18H17Cl2FN2O3S. The molecule has 0 atom stereocenters. The SMILES string of the molecule is O=C(c1c(Cl)cccc1Cl)N1CCCN(S(=O)(=O)c2ccc(F)cc2)CC1. The lowest BCUT2D eigenvalue weighted by Gasteiger charge is -2.22. The van der Waals surface area contributed by atoms with Crippen LogP contribution in [0.1, 0.15) is 16.8 Å². The van der Waals surface area contributed by atoms with Gasteiger partial charge in [0.15, 0.2) is 0 Å². The molecule has 1 aliphatic heterocycles. The Morgan fingerprint density at radius 1 is 0.926 bits per heavy atom. The first-order chi connectivity index (χ1) is 12.8. The summed E-state index contributed by atoms with van der Waals surface area (Å²) in [5.41, 5.74) is 0.218. The molecule has 144 valence electrons. The Hall–Kier alpha value is -1.67. The first-order valence-corrected chi connectivity index (χ1v) is 10.5. The van der Waals surface area contributed by atoms with Crippen molar-refractivity contribution in [2.75, 3.05) is 26.2 Å². The highest BCUT2D eigenvalue weighted by atomic mass is 35.5. The van der Waals surface area contributed by atoms with Gasteiger partial charge in [-0.3, -0.25) is 4.79 Å². The smallest absolute Gasteiger partial charge is 0.256 e. The van der Waals surface area contributed by atoms with E-state index in [-0.39, 0.29) is 46.0 Å². The van der Waals surface area contributed by atoms with E-state index in [1.165, 1.54) is 16.4 Å². The molecule has 3 rings (SSSR count). The van der Waals surface area contributed by atoms with Crippen molar-refractivity contribution in [3.05, 3.63) is 63.9 Å². The Morgan fingerprint density at radius 3 is 2.19 bits per heavy atom. The minimum atomic E-state index is -3.76. The van der Waals surface area contributed by atoms with Crippen molar-refractivity contribution < 1.29 is 17.6 Å². The lowest BCUT2D eigenvalue weighted by Crippen LogP contribution is -2.37. The van der Waals surface area contributed by atoms with Gasteiger partial charge in [-0.1, -0.05) is 29.3 Å². The molecule has 0 radical (unpaired) electrons. The maximum atomic E-state index is 13.1. The predicted molar refractivity (Wildman–Crippen MR) is 102 cm³/mol. The molecule has 1 heterocycles. The number of hydrogen-bond donors (Lipinski definition) is 0. The third-order valence-corrected chi connectivity index (χ3v) is 6.91. The van der Waals surface area contributed by atoms with Crippen molar-refractivity contribution in [1.82, 2.24) is 9.21 Å². The van der Waals surface area contributed by atoms with E-state index in [9.17, 15) is 17.6 Å². The van der Waals surface area contributed by atoms with Gasteiger partial charge in [0.1, 0.15) is 5.82 Å². The Kier molecular flexibility index (Phi) is 6.05. The van der Waals surface area contributed by atoms with Crippen LogP contribution in [-0.2, 0) is 10.0 Å². The molecule has 1 amide bonds. The third-order valence-electron chi connectivity index (χ3n) is 4.37. The Labute approximate surface area is 167 Å². The summed E-state index contributed by atoms with van der Waals surface area (Å²) in [4.78, 5) is 14.4. The number of benzene rings is 2. The Bertz CT molecular complexity index is 931. The Morgan fingerprint density at radius 2 is 1.56 bits per heavy atom. The minimum absolute atomic E-state index is 0.0258. The van der Waals surface area contributed by atoms with E-state index in [0.29, 0.717) is 13.0 Å². The van der Waals surface area contributed by atoms with Gasteiger partial charge in [-0.05, 0) is 42.8 Å². The van der Waals surface area contributed by atoms with Gasteiger partial charge in [0, 0.05) is 26.2 Å². The maximum Gasteiger partial charge on any atom is 0.256 e. The fourth-order valence-corrected chi connectivity index (χ4v) is 4.98. The van der Waals surface area contributed by atoms with E-state index < -0.39 is 15.8 Å². The molecule has 1 saturated heterocycles. The molecule has 2 aromatic carbocycles. The van der Waals surface area contributed by atoms with Crippen molar-refractivity contribution >= 4 is 39.1 Å². The molecule has 5 nitrogen and oxygen atoms in total. The zero-order chi connectivity index (χ0) is 19.6. The van der Waals surface area contributed by atoms with Crippen molar-refractivity contribution in [3.63, 3.8) is 0 Å². The van der Waals surface area contributed by atoms with Gasteiger partial charge in [-0.2, -0.15) is 4.31 Å². The standard InChI is InChI=1S/C18H17Cl2FN2O3S/c19-15-3-1-4-16(20)17(15)18(24)22-9-2-10-23(12-11-22)27(25,26)14-7-5-13(21)6-8-14/h1,3-8H,2,9-12H2. The molecule has 1 aliphatic rings. The maximum absolute atomic E-state index is 13.1. The third kappa shape index (κ3) is 4.27. The fraction of sp³-hybridized carbons (Fsp3) is 0.278. The molecule has 1 fully saturated rings. The lowest BCUT2D eigenvalue weighted by atomic mass is 10.2. The highest BCUT2D eigenvalue weighted by Gasteiger charge is 2.29. The largest absolute Gasteiger partial charge is 0.337 e. The first-order valence-electron chi connectivity index (χ1n) is 8.30. The van der Waals surface area contributed by atoms with E-state index >= 15 is 0 Å². The summed E-state index contributed by atoms with van der Waals surface area (Å²) in [5.74, 6) is -0.829. The highest BCUT2D eigenvalue weighted by Crippen LogP contribution is 2.26. The number of carbonyl (C=O) groups excluding carboxylic acids is 1. The highest BCUT2D eigenvalue weighted by molar-refractivity contribution is 7.89. The monoisotopic (exact) mass is 430 g/mol. The molecular weight excluding hydrogens is 414 g/mol. The van der Waals surface area contributed by atoms with Gasteiger partial charge < -0.3 is 4.90 Å². The summed E-state index contributed by atoms with van der Waals surface area (Å²) >= 11 is 12.2. The van der Waals surface area contributed by atoms with Crippen LogP contribution in [0.2, 0.25) is 10.0 Å². The molecule has 0 saturated carbocycles. The van der Waals surface area contributed by atoms with Gasteiger partial charge in [-0.25, -0.2) is 12.8 Å². The van der Waals surface area contributed by atoms with Crippen LogP contribution in [-0.4, -0.2) is 49.7 Å². The van der Waals surface area contributed by atoms with Crippen molar-refractivity contribution in [3.8, 4) is 0 Å². The molecule has 27 heavy (non-hydrogen) atoms. The number of amides is 1. The van der Waals surface area contributed by atoms with Crippen LogP contribution in [0.4, 0.5) is 4.39 Å². The molecule has 0 bridgehead atoms. The Balaban J connectivity index is 1.77. The minimum Gasteiger partial charge on any atom is -0.337 e. The summed E-state index contributed by atoms with van der Waals surface area (Å²) in [7, 11) is -3.76. The van der Waals surface area contributed by atoms with Crippen LogP contribution in [0.25, 0.3) is 0 Å². The fourth-order valence-electron chi connectivity index (χ4n) is 2.95. The second-order valence-electron chi connectivity index (χ2n) is 6.10. The molecule has 9 heteroatoms. The van der Waals surface area contributed by atoms with Crippen LogP contribution in [0.15, 0.2) is 47.4 Å². The van der Waals surface area contributed by atoms with E-state index in [1.54, 1.807) is 23.1 Å². The topological polar surface area (TPSA) is 57.7 Å². The van der Waals surface area contributed by atoms with E-state index in [1.807, 2.05) is 0 Å². The molecule has 0 aromatic heterocycles. The number of nitrogens with zero attached hydrogens (tertiary/aromatic N) is 2. The van der Waals surface area contributed by atoms with Crippen LogP contribution < -0.4 is 0 Å². The quantitative estimate of drug-likeness (QED) is 0.746. The number of sulfonamides is 1. The molecule has 0 unspecified atom stereocenters. The zero-order valence-corrected chi connectivity index (χ0v) is 16.6. The molecule has 0 N–H and O–H groups in total. The van der Waals surface area contributed by atoms with Crippen molar-refractivity contribution in [2.24, 2.45) is 0 Å². The van der Waals surface area contributed by atoms with E-state index in [4.69, 9.17) is 23.2 Å². The van der Waals surface area contributed by atoms with Crippen molar-refractivity contribution in [2.45, 2.75) is 11.3 Å². The van der Waals surface area contributed by atoms with Gasteiger partial charge in [0.2, 0.25) is 10.0 Å². The molecule has 0 spiro atoms. The van der Waals surface area contributed by atoms with Crippen LogP contribution in [0.3, 0.4) is 0 Å². The average Bonchev–Trinajstić information content (AvgIpc) is 2.88. The van der Waals surface area contributed by atoms with Crippen LogP contribution in [0, 0.1) is 5.82 Å². The predicted octanol–water partition coefficient (Wildman–Crippen LogP) is 3.67. The number of rotatable bonds is 3. The summed E-state index contributed by atoms with van der Waals surface area (Å²) in [5, 5.41) is 0.514. The van der Waals surface area contributed by atoms with Gasteiger partial charge in [0.05, 0.1) is 20.5 Å². The summed E-state index contributed by atoms with van der Waals surface area (Å²) in [6.07, 6.45) is 0.467. The second-order valence-corrected chi connectivity index (χ2v) is 8.85. The molecule has 0 aliphatic carbocycles. The van der Waals surface area contributed by atoms with E-state index in [0.717, 1.165) is 12.1 Å². The second kappa shape index (κ2) is 8.14. The average molecular weight is 431 g/mol. The summed E-state index contributed by atoms with van der Waals surface area (Å²) in [6.45, 7) is 0.990.